The van der Waals surface area contributed by atoms with Crippen molar-refractivity contribution >= 4 is 16.9 Å². The Morgan fingerprint density at radius 1 is 1.50 bits per heavy atom. The van der Waals surface area contributed by atoms with Crippen molar-refractivity contribution < 1.29 is 5.41 Å². The van der Waals surface area contributed by atoms with E-state index in [0.29, 0.717) is 5.17 Å². The van der Waals surface area contributed by atoms with E-state index in [1.54, 1.807) is 12.4 Å². The highest BCUT2D eigenvalue weighted by molar-refractivity contribution is 8.13. The molecule has 0 bridgehead atoms. The molecule has 4 heteroatoms. The van der Waals surface area contributed by atoms with Crippen molar-refractivity contribution in [2.24, 2.45) is 5.73 Å². The molecule has 0 amide bonds. The van der Waals surface area contributed by atoms with Crippen molar-refractivity contribution in [2.45, 2.75) is 6.42 Å². The van der Waals surface area contributed by atoms with Gasteiger partial charge in [-0.05, 0) is 35.9 Å². The molecule has 4 N–H and O–H groups in total. The Hall–Kier alpha value is -1.03. The lowest BCUT2D eigenvalue weighted by Crippen LogP contribution is -2.43. The van der Waals surface area contributed by atoms with Crippen LogP contribution in [-0.4, -0.2) is 15.9 Å². The molecule has 0 aliphatic carbocycles. The first-order valence-electron chi connectivity index (χ1n) is 3.68. The molecule has 1 rings (SSSR count). The van der Waals surface area contributed by atoms with Crippen LogP contribution in [0.4, 0.5) is 0 Å². The Morgan fingerprint density at radius 2 is 2.17 bits per heavy atom. The summed E-state index contributed by atoms with van der Waals surface area (Å²) in [5.41, 5.74) is 6.56. The van der Waals surface area contributed by atoms with Gasteiger partial charge in [-0.2, -0.15) is 0 Å². The molecule has 0 spiro atoms. The molecule has 0 aliphatic heterocycles. The lowest BCUT2D eigenvalue weighted by molar-refractivity contribution is -0.110. The molecule has 0 unspecified atom stereocenters. The first-order valence-corrected chi connectivity index (χ1v) is 4.67. The average molecular weight is 182 g/mol. The number of nitrogens with two attached hydrogens (primary N) is 2. The molecule has 64 valence electrons. The lowest BCUT2D eigenvalue weighted by Gasteiger charge is -1.96. The summed E-state index contributed by atoms with van der Waals surface area (Å²) in [5, 5.41) is 5.74. The SMILES string of the molecule is NC(=[NH2+])SCCc1ccncc1. The molecule has 0 saturated heterocycles. The van der Waals surface area contributed by atoms with Crippen LogP contribution in [0, 0.1) is 0 Å². The Bertz CT molecular complexity index is 248. The number of hydrogen-bond donors (Lipinski definition) is 2. The van der Waals surface area contributed by atoms with Crippen LogP contribution in [0.25, 0.3) is 0 Å². The maximum absolute atomic E-state index is 5.30. The summed E-state index contributed by atoms with van der Waals surface area (Å²) in [5.74, 6) is 0.923. The van der Waals surface area contributed by atoms with Gasteiger partial charge in [0.25, 0.3) is 5.17 Å². The standard InChI is InChI=1S/C8H11N3S/c9-8(10)12-6-3-7-1-4-11-5-2-7/h1-2,4-5H,3,6H2,(H3,9,10)/p+1. The second kappa shape index (κ2) is 4.77. The monoisotopic (exact) mass is 182 g/mol. The van der Waals surface area contributed by atoms with Gasteiger partial charge in [0, 0.05) is 18.1 Å². The Balaban J connectivity index is 2.29. The topological polar surface area (TPSA) is 64.5 Å². The van der Waals surface area contributed by atoms with Crippen molar-refractivity contribution in [3.63, 3.8) is 0 Å². The summed E-state index contributed by atoms with van der Waals surface area (Å²) >= 11 is 1.48. The molecule has 1 heterocycles. The van der Waals surface area contributed by atoms with Gasteiger partial charge in [-0.3, -0.25) is 16.1 Å². The molecule has 0 aromatic carbocycles. The fraction of sp³-hybridized carbons (Fsp3) is 0.250. The number of thioether (sulfide) groups is 1. The van der Waals surface area contributed by atoms with Crippen LogP contribution < -0.4 is 11.1 Å². The number of amidine groups is 1. The van der Waals surface area contributed by atoms with Gasteiger partial charge >= 0.3 is 0 Å². The van der Waals surface area contributed by atoms with E-state index >= 15 is 0 Å². The minimum atomic E-state index is 0.434. The van der Waals surface area contributed by atoms with E-state index < -0.39 is 0 Å². The van der Waals surface area contributed by atoms with Crippen LogP contribution in [0.3, 0.4) is 0 Å². The van der Waals surface area contributed by atoms with Crippen LogP contribution in [0.15, 0.2) is 24.5 Å². The summed E-state index contributed by atoms with van der Waals surface area (Å²) in [6.07, 6.45) is 4.55. The highest BCUT2D eigenvalue weighted by Crippen LogP contribution is 2.03. The van der Waals surface area contributed by atoms with Crippen molar-refractivity contribution in [3.8, 4) is 0 Å². The summed E-state index contributed by atoms with van der Waals surface area (Å²) in [6, 6.07) is 3.99. The van der Waals surface area contributed by atoms with Gasteiger partial charge in [-0.25, -0.2) is 0 Å². The van der Waals surface area contributed by atoms with E-state index in [2.05, 4.69) is 4.98 Å². The van der Waals surface area contributed by atoms with Crippen LogP contribution in [0.5, 0.6) is 0 Å². The van der Waals surface area contributed by atoms with Crippen LogP contribution in [0.1, 0.15) is 5.56 Å². The fourth-order valence-electron chi connectivity index (χ4n) is 0.836. The number of aromatic nitrogens is 1. The third-order valence-electron chi connectivity index (χ3n) is 1.41. The van der Waals surface area contributed by atoms with Crippen LogP contribution in [-0.2, 0) is 6.42 Å². The average Bonchev–Trinajstić information content (AvgIpc) is 2.05. The maximum Gasteiger partial charge on any atom is 0.299 e. The predicted octanol–water partition coefficient (Wildman–Crippen LogP) is -0.569. The second-order valence-electron chi connectivity index (χ2n) is 2.36. The first kappa shape index (κ1) is 9.06. The van der Waals surface area contributed by atoms with Crippen molar-refractivity contribution in [1.29, 1.82) is 0 Å². The maximum atomic E-state index is 5.30. The number of rotatable bonds is 3. The molecule has 0 fully saturated rings. The van der Waals surface area contributed by atoms with Gasteiger partial charge in [-0.1, -0.05) is 0 Å². The minimum absolute atomic E-state index is 0.434. The van der Waals surface area contributed by atoms with E-state index in [0.717, 1.165) is 12.2 Å². The Labute approximate surface area is 75.9 Å². The molecule has 0 aliphatic rings. The van der Waals surface area contributed by atoms with E-state index in [-0.39, 0.29) is 0 Å². The zero-order valence-electron chi connectivity index (χ0n) is 6.73. The molecule has 1 aromatic rings. The molecule has 0 atom stereocenters. The molecule has 1 aromatic heterocycles. The number of nitrogens with zero attached hydrogens (tertiary/aromatic N) is 1. The Kier molecular flexibility index (Phi) is 3.60. The van der Waals surface area contributed by atoms with E-state index in [9.17, 15) is 0 Å². The molecule has 0 saturated carbocycles. The molecular weight excluding hydrogens is 170 g/mol. The Morgan fingerprint density at radius 3 is 2.75 bits per heavy atom. The third-order valence-corrected chi connectivity index (χ3v) is 2.15. The smallest absolute Gasteiger partial charge is 0.282 e. The largest absolute Gasteiger partial charge is 0.299 e. The quantitative estimate of drug-likeness (QED) is 0.486. The van der Waals surface area contributed by atoms with Gasteiger partial charge in [0.05, 0.1) is 0 Å². The van der Waals surface area contributed by atoms with Crippen molar-refractivity contribution in [2.75, 3.05) is 5.75 Å². The van der Waals surface area contributed by atoms with Crippen LogP contribution >= 0.6 is 11.8 Å². The number of aryl methyl sites for hydroxylation is 1. The van der Waals surface area contributed by atoms with Gasteiger partial charge in [0.1, 0.15) is 0 Å². The summed E-state index contributed by atoms with van der Waals surface area (Å²) in [7, 11) is 0. The third kappa shape index (κ3) is 3.39. The van der Waals surface area contributed by atoms with Crippen molar-refractivity contribution in [3.05, 3.63) is 30.1 Å². The molecule has 3 nitrogen and oxygen atoms in total. The number of pyridine rings is 1. The zero-order valence-corrected chi connectivity index (χ0v) is 7.55. The normalized spacial score (nSPS) is 9.67. The molecule has 12 heavy (non-hydrogen) atoms. The summed E-state index contributed by atoms with van der Waals surface area (Å²) in [4.78, 5) is 3.93. The molecular formula is C8H12N3S+. The minimum Gasteiger partial charge on any atom is -0.282 e. The van der Waals surface area contributed by atoms with Gasteiger partial charge in [-0.15, -0.1) is 0 Å². The van der Waals surface area contributed by atoms with E-state index in [4.69, 9.17) is 11.1 Å². The van der Waals surface area contributed by atoms with Gasteiger partial charge in [0.15, 0.2) is 0 Å². The van der Waals surface area contributed by atoms with Gasteiger partial charge in [0.2, 0.25) is 0 Å². The fourth-order valence-corrected chi connectivity index (χ4v) is 1.41. The van der Waals surface area contributed by atoms with Crippen LogP contribution in [0.2, 0.25) is 0 Å². The first-order chi connectivity index (χ1) is 5.79. The lowest BCUT2D eigenvalue weighted by atomic mass is 10.2. The number of hydrogen-bond acceptors (Lipinski definition) is 2. The van der Waals surface area contributed by atoms with E-state index in [1.807, 2.05) is 12.1 Å². The summed E-state index contributed by atoms with van der Waals surface area (Å²) < 4.78 is 0. The van der Waals surface area contributed by atoms with Crippen molar-refractivity contribution in [1.82, 2.24) is 4.98 Å². The van der Waals surface area contributed by atoms with E-state index in [1.165, 1.54) is 17.3 Å². The molecule has 0 radical (unpaired) electrons. The second-order valence-corrected chi connectivity index (χ2v) is 3.52. The predicted molar refractivity (Wildman–Crippen MR) is 51.5 cm³/mol. The summed E-state index contributed by atoms with van der Waals surface area (Å²) in [6.45, 7) is 0. The highest BCUT2D eigenvalue weighted by atomic mass is 32.2. The highest BCUT2D eigenvalue weighted by Gasteiger charge is 1.96. The van der Waals surface area contributed by atoms with Gasteiger partial charge < -0.3 is 0 Å². The zero-order chi connectivity index (χ0) is 8.81.